The molecule has 136 valence electrons. The lowest BCUT2D eigenvalue weighted by atomic mass is 10.1. The van der Waals surface area contributed by atoms with E-state index in [0.717, 1.165) is 15.8 Å². The zero-order valence-corrected chi connectivity index (χ0v) is 15.7. The Bertz CT molecular complexity index is 1030. The van der Waals surface area contributed by atoms with Crippen LogP contribution in [-0.4, -0.2) is 29.9 Å². The number of nitrogens with zero attached hydrogens (tertiary/aromatic N) is 2. The maximum atomic E-state index is 12.0. The Labute approximate surface area is 164 Å². The fourth-order valence-electron chi connectivity index (χ4n) is 2.49. The fraction of sp³-hybridized carbons (Fsp3) is 0.158. The van der Waals surface area contributed by atoms with Gasteiger partial charge in [-0.3, -0.25) is 9.59 Å². The van der Waals surface area contributed by atoms with E-state index >= 15 is 0 Å². The van der Waals surface area contributed by atoms with E-state index in [-0.39, 0.29) is 25.4 Å². The zero-order chi connectivity index (χ0) is 19.2. The van der Waals surface area contributed by atoms with E-state index in [2.05, 4.69) is 15.6 Å². The molecule has 0 aliphatic carbocycles. The first-order valence-electron chi connectivity index (χ1n) is 8.11. The molecule has 3 rings (SSSR count). The van der Waals surface area contributed by atoms with Crippen LogP contribution in [0.4, 0.5) is 0 Å². The van der Waals surface area contributed by atoms with Gasteiger partial charge in [0, 0.05) is 0 Å². The molecule has 0 aliphatic heterocycles. The maximum absolute atomic E-state index is 12.0. The van der Waals surface area contributed by atoms with Crippen molar-refractivity contribution in [3.63, 3.8) is 0 Å². The fourth-order valence-corrected chi connectivity index (χ4v) is 3.84. The molecule has 2 amide bonds. The number of aromatic nitrogens is 1. The van der Waals surface area contributed by atoms with Crippen molar-refractivity contribution in [2.75, 3.05) is 13.1 Å². The van der Waals surface area contributed by atoms with E-state index in [1.54, 1.807) is 6.07 Å². The number of carbonyl (C=O) groups excluding carboxylic acids is 2. The Morgan fingerprint density at radius 3 is 2.63 bits per heavy atom. The van der Waals surface area contributed by atoms with Crippen LogP contribution >= 0.6 is 22.9 Å². The average Bonchev–Trinajstić information content (AvgIpc) is 3.08. The van der Waals surface area contributed by atoms with Gasteiger partial charge in [-0.05, 0) is 23.3 Å². The number of carbonyl (C=O) groups is 2. The van der Waals surface area contributed by atoms with Crippen LogP contribution in [0.25, 0.3) is 21.3 Å². The molecular formula is C19H15ClN4O2S. The Kier molecular flexibility index (Phi) is 6.01. The van der Waals surface area contributed by atoms with Gasteiger partial charge in [-0.1, -0.05) is 41.9 Å². The highest BCUT2D eigenvalue weighted by molar-refractivity contribution is 7.18. The number of nitrogens with one attached hydrogen (secondary N) is 2. The molecule has 27 heavy (non-hydrogen) atoms. The number of benzene rings is 2. The summed E-state index contributed by atoms with van der Waals surface area (Å²) in [5.74, 6) is -0.731. The molecule has 0 fully saturated rings. The van der Waals surface area contributed by atoms with Gasteiger partial charge >= 0.3 is 0 Å². The number of hydrogen-bond donors (Lipinski definition) is 2. The number of hydrogen-bond acceptors (Lipinski definition) is 5. The van der Waals surface area contributed by atoms with Crippen LogP contribution in [0.3, 0.4) is 0 Å². The van der Waals surface area contributed by atoms with Gasteiger partial charge in [0.15, 0.2) is 0 Å². The highest BCUT2D eigenvalue weighted by atomic mass is 35.5. The Balaban J connectivity index is 1.71. The van der Waals surface area contributed by atoms with Crippen molar-refractivity contribution in [2.24, 2.45) is 0 Å². The van der Waals surface area contributed by atoms with E-state index in [4.69, 9.17) is 16.9 Å². The van der Waals surface area contributed by atoms with Crippen LogP contribution in [0.2, 0.25) is 5.02 Å². The Hall–Kier alpha value is -2.95. The highest BCUT2D eigenvalue weighted by Crippen LogP contribution is 2.33. The van der Waals surface area contributed by atoms with Crippen LogP contribution < -0.4 is 10.6 Å². The molecule has 0 bridgehead atoms. The van der Waals surface area contributed by atoms with E-state index < -0.39 is 5.91 Å². The summed E-state index contributed by atoms with van der Waals surface area (Å²) < 4.78 is 0.899. The summed E-state index contributed by atoms with van der Waals surface area (Å²) in [7, 11) is 0. The minimum Gasteiger partial charge on any atom is -0.347 e. The summed E-state index contributed by atoms with van der Waals surface area (Å²) in [5.41, 5.74) is 2.70. The second-order valence-electron chi connectivity index (χ2n) is 5.67. The third-order valence-corrected chi connectivity index (χ3v) is 5.01. The van der Waals surface area contributed by atoms with Gasteiger partial charge in [0.2, 0.25) is 11.8 Å². The molecule has 6 nitrogen and oxygen atoms in total. The summed E-state index contributed by atoms with van der Waals surface area (Å²) in [6.45, 7) is -0.265. The summed E-state index contributed by atoms with van der Waals surface area (Å²) >= 11 is 7.77. The molecule has 3 aromatic rings. The third-order valence-electron chi connectivity index (χ3n) is 3.72. The molecule has 8 heteroatoms. The first-order chi connectivity index (χ1) is 13.1. The number of rotatable bonds is 6. The second kappa shape index (κ2) is 8.62. The third kappa shape index (κ3) is 4.82. The van der Waals surface area contributed by atoms with Crippen molar-refractivity contribution in [3.8, 4) is 17.2 Å². The normalized spacial score (nSPS) is 10.4. The molecule has 0 saturated heterocycles. The topological polar surface area (TPSA) is 94.9 Å². The number of nitriles is 1. The van der Waals surface area contributed by atoms with Gasteiger partial charge in [0.25, 0.3) is 0 Å². The standard InChI is InChI=1S/C19H15ClN4O2S/c20-14-8-13(12-4-2-1-3-5-12)9-15-19(14)24-18(27-15)10-16(25)23-11-17(26)22-7-6-21/h1-5,8-9H,7,10-11H2,(H,22,26)(H,23,25). The van der Waals surface area contributed by atoms with E-state index in [9.17, 15) is 9.59 Å². The van der Waals surface area contributed by atoms with E-state index in [0.29, 0.717) is 15.5 Å². The van der Waals surface area contributed by atoms with Crippen molar-refractivity contribution in [3.05, 3.63) is 52.5 Å². The van der Waals surface area contributed by atoms with Crippen molar-refractivity contribution in [2.45, 2.75) is 6.42 Å². The molecular weight excluding hydrogens is 384 g/mol. The number of thiazole rings is 1. The van der Waals surface area contributed by atoms with E-state index in [1.807, 2.05) is 42.5 Å². The van der Waals surface area contributed by atoms with Crippen LogP contribution in [0.5, 0.6) is 0 Å². The van der Waals surface area contributed by atoms with Crippen LogP contribution in [0.1, 0.15) is 5.01 Å². The summed E-state index contributed by atoms with van der Waals surface area (Å²) in [4.78, 5) is 27.9. The predicted molar refractivity (Wildman–Crippen MR) is 105 cm³/mol. The Morgan fingerprint density at radius 2 is 1.89 bits per heavy atom. The molecule has 0 spiro atoms. The molecule has 1 heterocycles. The minimum atomic E-state index is -0.412. The summed E-state index contributed by atoms with van der Waals surface area (Å²) in [6.07, 6.45) is 0.0574. The number of fused-ring (bicyclic) bond motifs is 1. The largest absolute Gasteiger partial charge is 0.347 e. The molecule has 2 aromatic carbocycles. The average molecular weight is 399 g/mol. The molecule has 0 unspecified atom stereocenters. The van der Waals surface area contributed by atoms with Crippen LogP contribution in [0.15, 0.2) is 42.5 Å². The lowest BCUT2D eigenvalue weighted by Crippen LogP contribution is -2.37. The summed E-state index contributed by atoms with van der Waals surface area (Å²) in [6, 6.07) is 15.5. The van der Waals surface area contributed by atoms with Gasteiger partial charge in [-0.25, -0.2) is 4.98 Å². The van der Waals surface area contributed by atoms with Gasteiger partial charge in [-0.2, -0.15) is 5.26 Å². The van der Waals surface area contributed by atoms with Gasteiger partial charge < -0.3 is 10.6 Å². The van der Waals surface area contributed by atoms with Crippen molar-refractivity contribution >= 4 is 45.0 Å². The smallest absolute Gasteiger partial charge is 0.240 e. The van der Waals surface area contributed by atoms with Crippen LogP contribution in [-0.2, 0) is 16.0 Å². The van der Waals surface area contributed by atoms with Gasteiger partial charge in [0.1, 0.15) is 17.1 Å². The minimum absolute atomic E-state index is 0.0574. The molecule has 0 radical (unpaired) electrons. The molecule has 0 saturated carbocycles. The number of halogens is 1. The first-order valence-corrected chi connectivity index (χ1v) is 9.31. The van der Waals surface area contributed by atoms with Crippen molar-refractivity contribution in [1.82, 2.24) is 15.6 Å². The van der Waals surface area contributed by atoms with Gasteiger partial charge in [0.05, 0.1) is 28.8 Å². The lowest BCUT2D eigenvalue weighted by Gasteiger charge is -2.03. The second-order valence-corrected chi connectivity index (χ2v) is 7.19. The van der Waals surface area contributed by atoms with E-state index in [1.165, 1.54) is 11.3 Å². The Morgan fingerprint density at radius 1 is 1.11 bits per heavy atom. The molecule has 1 aromatic heterocycles. The molecule has 0 aliphatic rings. The molecule has 0 atom stereocenters. The van der Waals surface area contributed by atoms with Crippen molar-refractivity contribution < 1.29 is 9.59 Å². The molecule has 2 N–H and O–H groups in total. The SMILES string of the molecule is N#CCNC(=O)CNC(=O)Cc1nc2c(Cl)cc(-c3ccccc3)cc2s1. The first kappa shape index (κ1) is 18.8. The summed E-state index contributed by atoms with van der Waals surface area (Å²) in [5, 5.41) is 14.4. The lowest BCUT2D eigenvalue weighted by molar-refractivity contribution is -0.125. The quantitative estimate of drug-likeness (QED) is 0.624. The van der Waals surface area contributed by atoms with Gasteiger partial charge in [-0.15, -0.1) is 11.3 Å². The predicted octanol–water partition coefficient (Wildman–Crippen LogP) is 2.92. The maximum Gasteiger partial charge on any atom is 0.240 e. The highest BCUT2D eigenvalue weighted by Gasteiger charge is 2.13. The van der Waals surface area contributed by atoms with Crippen LogP contribution in [0, 0.1) is 11.3 Å². The zero-order valence-electron chi connectivity index (χ0n) is 14.2. The number of amides is 2. The monoisotopic (exact) mass is 398 g/mol. The van der Waals surface area contributed by atoms with Crippen molar-refractivity contribution in [1.29, 1.82) is 5.26 Å².